The molecule has 0 fully saturated rings. The highest BCUT2D eigenvalue weighted by Crippen LogP contribution is 2.17. The van der Waals surface area contributed by atoms with Crippen LogP contribution >= 0.6 is 0 Å². The van der Waals surface area contributed by atoms with Gasteiger partial charge < -0.3 is 15.9 Å². The van der Waals surface area contributed by atoms with Crippen LogP contribution in [-0.4, -0.2) is 27.1 Å². The summed E-state index contributed by atoms with van der Waals surface area (Å²) in [6.07, 6.45) is 1.12. The topological polar surface area (TPSA) is 114 Å². The van der Waals surface area contributed by atoms with E-state index in [-0.39, 0.29) is 18.4 Å². The molecule has 1 atom stereocenters. The molecule has 1 heterocycles. The fourth-order valence-electron chi connectivity index (χ4n) is 1.26. The van der Waals surface area contributed by atoms with Crippen LogP contribution in [0.3, 0.4) is 0 Å². The van der Waals surface area contributed by atoms with E-state index in [1.807, 2.05) is 0 Å². The van der Waals surface area contributed by atoms with Gasteiger partial charge in [0, 0.05) is 18.7 Å². The minimum absolute atomic E-state index is 0.128. The Morgan fingerprint density at radius 1 is 1.47 bits per heavy atom. The summed E-state index contributed by atoms with van der Waals surface area (Å²) in [6.45, 7) is 0. The number of aliphatic carboxylic acids is 1. The number of carboxylic acid groups (broad SMARTS) is 2. The molecule has 0 aliphatic carbocycles. The summed E-state index contributed by atoms with van der Waals surface area (Å²) in [5, 5.41) is 17.0. The highest BCUT2D eigenvalue weighted by molar-refractivity contribution is 5.85. The van der Waals surface area contributed by atoms with Gasteiger partial charge in [0.25, 0.3) is 0 Å². The molecule has 6 nitrogen and oxygen atoms in total. The Kier molecular flexibility index (Phi) is 4.11. The first kappa shape index (κ1) is 13.0. The van der Waals surface area contributed by atoms with E-state index in [1.54, 1.807) is 0 Å². The molecule has 1 aromatic heterocycles. The highest BCUT2D eigenvalue weighted by Gasteiger charge is 2.15. The van der Waals surface area contributed by atoms with Gasteiger partial charge in [0.15, 0.2) is 11.5 Å². The summed E-state index contributed by atoms with van der Waals surface area (Å²) in [6, 6.07) is 0.277. The summed E-state index contributed by atoms with van der Waals surface area (Å²) in [5.41, 5.74) is 5.21. The van der Waals surface area contributed by atoms with Gasteiger partial charge in [-0.1, -0.05) is 0 Å². The quantitative estimate of drug-likeness (QED) is 0.703. The van der Waals surface area contributed by atoms with Gasteiger partial charge in [-0.2, -0.15) is 0 Å². The first-order valence-corrected chi connectivity index (χ1v) is 4.78. The number of pyridine rings is 1. The maximum atomic E-state index is 13.2. The van der Waals surface area contributed by atoms with Crippen molar-refractivity contribution < 1.29 is 24.2 Å². The molecule has 4 N–H and O–H groups in total. The van der Waals surface area contributed by atoms with Gasteiger partial charge in [0.2, 0.25) is 0 Å². The molecule has 0 saturated heterocycles. The molecule has 0 bridgehead atoms. The highest BCUT2D eigenvalue weighted by atomic mass is 19.1. The van der Waals surface area contributed by atoms with Gasteiger partial charge in [0.1, 0.15) is 0 Å². The van der Waals surface area contributed by atoms with Crippen LogP contribution in [0.4, 0.5) is 4.39 Å². The molecule has 0 spiro atoms. The lowest BCUT2D eigenvalue weighted by molar-refractivity contribution is -0.137. The molecular weight excluding hydrogens is 231 g/mol. The number of carboxylic acids is 2. The minimum Gasteiger partial charge on any atom is -0.481 e. The van der Waals surface area contributed by atoms with Gasteiger partial charge in [0.05, 0.1) is 0 Å². The second-order valence-electron chi connectivity index (χ2n) is 3.44. The Morgan fingerprint density at radius 2 is 2.12 bits per heavy atom. The van der Waals surface area contributed by atoms with Crippen molar-refractivity contribution in [3.63, 3.8) is 0 Å². The van der Waals surface area contributed by atoms with E-state index in [4.69, 9.17) is 15.9 Å². The molecule has 0 aliphatic heterocycles. The van der Waals surface area contributed by atoms with Crippen molar-refractivity contribution in [1.82, 2.24) is 4.98 Å². The Hall–Kier alpha value is -2.02. The summed E-state index contributed by atoms with van der Waals surface area (Å²) < 4.78 is 13.2. The van der Waals surface area contributed by atoms with Crippen LogP contribution in [0.15, 0.2) is 12.3 Å². The maximum Gasteiger partial charge on any atom is 0.357 e. The lowest BCUT2D eigenvalue weighted by Crippen LogP contribution is -2.14. The van der Waals surface area contributed by atoms with Crippen molar-refractivity contribution in [2.75, 3.05) is 0 Å². The van der Waals surface area contributed by atoms with Crippen molar-refractivity contribution in [3.8, 4) is 0 Å². The summed E-state index contributed by atoms with van der Waals surface area (Å²) in [7, 11) is 0. The largest absolute Gasteiger partial charge is 0.481 e. The van der Waals surface area contributed by atoms with Gasteiger partial charge in [-0.05, 0) is 18.1 Å². The third-order valence-corrected chi connectivity index (χ3v) is 2.16. The Labute approximate surface area is 95.9 Å². The Bertz CT molecular complexity index is 450. The fraction of sp³-hybridized carbons (Fsp3) is 0.300. The molecule has 0 aromatic carbocycles. The number of nitrogens with zero attached hydrogens (tertiary/aromatic N) is 1. The van der Waals surface area contributed by atoms with Crippen LogP contribution in [0.25, 0.3) is 0 Å². The van der Waals surface area contributed by atoms with Gasteiger partial charge in [-0.15, -0.1) is 0 Å². The van der Waals surface area contributed by atoms with Crippen LogP contribution in [0.2, 0.25) is 0 Å². The lowest BCUT2D eigenvalue weighted by atomic mass is 10.0. The van der Waals surface area contributed by atoms with Crippen LogP contribution < -0.4 is 5.73 Å². The molecule has 0 unspecified atom stereocenters. The zero-order chi connectivity index (χ0) is 13.0. The predicted octanol–water partition coefficient (Wildman–Crippen LogP) is 0.783. The SMILES string of the molecule is N[C@H](CCC(=O)O)c1cnc(C(=O)O)c(F)c1. The molecule has 1 aromatic rings. The molecule has 7 heteroatoms. The molecule has 17 heavy (non-hydrogen) atoms. The van der Waals surface area contributed by atoms with E-state index >= 15 is 0 Å². The molecule has 0 amide bonds. The monoisotopic (exact) mass is 242 g/mol. The van der Waals surface area contributed by atoms with Crippen LogP contribution in [0.5, 0.6) is 0 Å². The molecule has 0 saturated carbocycles. The number of rotatable bonds is 5. The molecule has 92 valence electrons. The normalized spacial score (nSPS) is 12.1. The average molecular weight is 242 g/mol. The number of carbonyl (C=O) groups is 2. The number of hydrogen-bond acceptors (Lipinski definition) is 4. The summed E-state index contributed by atoms with van der Waals surface area (Å²) >= 11 is 0. The maximum absolute atomic E-state index is 13.2. The third kappa shape index (κ3) is 3.49. The van der Waals surface area contributed by atoms with Crippen molar-refractivity contribution in [2.24, 2.45) is 5.73 Å². The fourth-order valence-corrected chi connectivity index (χ4v) is 1.26. The van der Waals surface area contributed by atoms with E-state index in [0.29, 0.717) is 0 Å². The van der Waals surface area contributed by atoms with Crippen molar-refractivity contribution in [2.45, 2.75) is 18.9 Å². The number of hydrogen-bond donors (Lipinski definition) is 3. The van der Waals surface area contributed by atoms with E-state index < -0.39 is 29.5 Å². The van der Waals surface area contributed by atoms with E-state index in [0.717, 1.165) is 12.3 Å². The Balaban J connectivity index is 2.82. The average Bonchev–Trinajstić information content (AvgIpc) is 2.25. The third-order valence-electron chi connectivity index (χ3n) is 2.16. The summed E-state index contributed by atoms with van der Waals surface area (Å²) in [4.78, 5) is 24.3. The zero-order valence-corrected chi connectivity index (χ0v) is 8.76. The molecule has 0 radical (unpaired) electrons. The molecular formula is C10H11FN2O4. The van der Waals surface area contributed by atoms with Crippen LogP contribution in [0.1, 0.15) is 34.9 Å². The molecule has 0 aliphatic rings. The second kappa shape index (κ2) is 5.35. The van der Waals surface area contributed by atoms with E-state index in [1.165, 1.54) is 0 Å². The van der Waals surface area contributed by atoms with Crippen LogP contribution in [-0.2, 0) is 4.79 Å². The lowest BCUT2D eigenvalue weighted by Gasteiger charge is -2.10. The van der Waals surface area contributed by atoms with Crippen LogP contribution in [0, 0.1) is 5.82 Å². The van der Waals surface area contributed by atoms with Gasteiger partial charge in [-0.3, -0.25) is 4.79 Å². The minimum atomic E-state index is -1.46. The van der Waals surface area contributed by atoms with Crippen molar-refractivity contribution in [3.05, 3.63) is 29.3 Å². The first-order chi connectivity index (χ1) is 7.91. The second-order valence-corrected chi connectivity index (χ2v) is 3.44. The van der Waals surface area contributed by atoms with Crippen molar-refractivity contribution in [1.29, 1.82) is 0 Å². The number of nitrogens with two attached hydrogens (primary N) is 1. The standard InChI is InChI=1S/C10H11FN2O4/c11-6-3-5(4-13-9(6)10(16)17)7(12)1-2-8(14)15/h3-4,7H,1-2,12H2,(H,14,15)(H,16,17)/t7-/m1/s1. The Morgan fingerprint density at radius 3 is 2.59 bits per heavy atom. The first-order valence-electron chi connectivity index (χ1n) is 4.78. The summed E-state index contributed by atoms with van der Waals surface area (Å²) in [5.74, 6) is -3.45. The number of aromatic nitrogens is 1. The molecule has 1 rings (SSSR count). The predicted molar refractivity (Wildman–Crippen MR) is 55.0 cm³/mol. The number of halogens is 1. The zero-order valence-electron chi connectivity index (χ0n) is 8.76. The van der Waals surface area contributed by atoms with Gasteiger partial charge >= 0.3 is 11.9 Å². The smallest absolute Gasteiger partial charge is 0.357 e. The van der Waals surface area contributed by atoms with E-state index in [2.05, 4.69) is 4.98 Å². The van der Waals surface area contributed by atoms with Crippen molar-refractivity contribution >= 4 is 11.9 Å². The van der Waals surface area contributed by atoms with Gasteiger partial charge in [-0.25, -0.2) is 14.2 Å². The number of aromatic carboxylic acids is 1. The van der Waals surface area contributed by atoms with E-state index in [9.17, 15) is 14.0 Å².